The van der Waals surface area contributed by atoms with Gasteiger partial charge in [0.1, 0.15) is 12.1 Å². The Hall–Kier alpha value is -1.75. The summed E-state index contributed by atoms with van der Waals surface area (Å²) in [5, 5.41) is 14.6. The minimum Gasteiger partial charge on any atom is -0.411 e. The second-order valence-electron chi connectivity index (χ2n) is 2.69. The Bertz CT molecular complexity index is 253. The summed E-state index contributed by atoms with van der Waals surface area (Å²) in [4.78, 5) is 8.49. The third-order valence-corrected chi connectivity index (χ3v) is 1.38. The van der Waals surface area contributed by atoms with Gasteiger partial charge in [-0.1, -0.05) is 10.3 Å². The van der Waals surface area contributed by atoms with Gasteiger partial charge < -0.3 is 10.1 Å². The zero-order valence-corrected chi connectivity index (χ0v) is 8.33. The summed E-state index contributed by atoms with van der Waals surface area (Å²) in [6.07, 6.45) is 1.94. The molecule has 7 nitrogen and oxygen atoms in total. The third kappa shape index (κ3) is 5.84. The number of rotatable bonds is 5. The first-order chi connectivity index (χ1) is 6.72. The van der Waals surface area contributed by atoms with Crippen LogP contribution in [0, 0.1) is 0 Å². The fraction of sp³-hybridized carbons (Fsp3) is 0.714. The molecule has 0 aromatic carbocycles. The van der Waals surface area contributed by atoms with Crippen molar-refractivity contribution in [1.29, 1.82) is 0 Å². The van der Waals surface area contributed by atoms with Crippen LogP contribution >= 0.6 is 0 Å². The van der Waals surface area contributed by atoms with E-state index in [0.717, 1.165) is 0 Å². The minimum atomic E-state index is 0.428. The maximum absolute atomic E-state index is 8.32. The summed E-state index contributed by atoms with van der Waals surface area (Å²) in [5.74, 6) is 0.577. The van der Waals surface area contributed by atoms with Gasteiger partial charge in [-0.3, -0.25) is 4.99 Å². The lowest BCUT2D eigenvalue weighted by Crippen LogP contribution is -2.23. The van der Waals surface area contributed by atoms with E-state index in [1.54, 1.807) is 19.0 Å². The van der Waals surface area contributed by atoms with Crippen molar-refractivity contribution in [3.63, 3.8) is 0 Å². The average molecular weight is 198 g/mol. The lowest BCUT2D eigenvalue weighted by molar-refractivity contribution is 0.322. The second kappa shape index (κ2) is 7.88. The van der Waals surface area contributed by atoms with Crippen molar-refractivity contribution in [2.24, 2.45) is 15.3 Å². The van der Waals surface area contributed by atoms with Gasteiger partial charge in [-0.15, -0.1) is 0 Å². The highest BCUT2D eigenvalue weighted by Crippen LogP contribution is 1.87. The molecule has 0 saturated heterocycles. The van der Waals surface area contributed by atoms with Crippen LogP contribution in [0.5, 0.6) is 0 Å². The van der Waals surface area contributed by atoms with Gasteiger partial charge in [0.15, 0.2) is 0 Å². The van der Waals surface area contributed by atoms with Gasteiger partial charge in [0, 0.05) is 32.1 Å². The lowest BCUT2D eigenvalue weighted by atomic mass is 10.4. The zero-order valence-electron chi connectivity index (χ0n) is 8.33. The molecular formula is C7H14N6O. The van der Waals surface area contributed by atoms with Gasteiger partial charge in [0.05, 0.1) is 0 Å². The van der Waals surface area contributed by atoms with Crippen LogP contribution in [0.25, 0.3) is 10.4 Å². The fourth-order valence-corrected chi connectivity index (χ4v) is 0.729. The van der Waals surface area contributed by atoms with Crippen LogP contribution in [-0.2, 0) is 0 Å². The molecule has 0 radical (unpaired) electrons. The molecule has 0 saturated carbocycles. The summed E-state index contributed by atoms with van der Waals surface area (Å²) in [6, 6.07) is 0. The number of hydrogen-bond acceptors (Lipinski definition) is 4. The first kappa shape index (κ1) is 12.2. The second-order valence-corrected chi connectivity index (χ2v) is 2.69. The minimum absolute atomic E-state index is 0.428. The summed E-state index contributed by atoms with van der Waals surface area (Å²) >= 11 is 0. The normalized spacial score (nSPS) is 11.4. The first-order valence-corrected chi connectivity index (χ1v) is 4.12. The molecule has 0 aliphatic heterocycles. The molecule has 0 bridgehead atoms. The maximum atomic E-state index is 8.32. The highest BCUT2D eigenvalue weighted by molar-refractivity contribution is 6.28. The van der Waals surface area contributed by atoms with Crippen molar-refractivity contribution in [2.45, 2.75) is 6.42 Å². The van der Waals surface area contributed by atoms with E-state index in [-0.39, 0.29) is 0 Å². The Morgan fingerprint density at radius 3 is 2.71 bits per heavy atom. The monoisotopic (exact) mass is 198 g/mol. The van der Waals surface area contributed by atoms with Crippen LogP contribution in [0.4, 0.5) is 0 Å². The van der Waals surface area contributed by atoms with E-state index in [9.17, 15) is 0 Å². The predicted molar refractivity (Wildman–Crippen MR) is 54.9 cm³/mol. The van der Waals surface area contributed by atoms with E-state index in [0.29, 0.717) is 25.3 Å². The van der Waals surface area contributed by atoms with Crippen LogP contribution in [-0.4, -0.2) is 49.3 Å². The molecule has 0 atom stereocenters. The molecule has 0 rings (SSSR count). The largest absolute Gasteiger partial charge is 0.411 e. The van der Waals surface area contributed by atoms with Gasteiger partial charge in [-0.2, -0.15) is 0 Å². The highest BCUT2D eigenvalue weighted by Gasteiger charge is 1.96. The molecule has 0 spiro atoms. The molecule has 0 aromatic rings. The van der Waals surface area contributed by atoms with Crippen molar-refractivity contribution in [3.05, 3.63) is 10.4 Å². The SMILES string of the molecule is CN(C)C(/C=N/O)=N\CCCN=[N+]=[N-]. The lowest BCUT2D eigenvalue weighted by Gasteiger charge is -2.10. The van der Waals surface area contributed by atoms with Crippen LogP contribution in [0.1, 0.15) is 6.42 Å². The summed E-state index contributed by atoms with van der Waals surface area (Å²) in [6.45, 7) is 0.968. The summed E-state index contributed by atoms with van der Waals surface area (Å²) < 4.78 is 0. The number of oxime groups is 1. The molecule has 7 heteroatoms. The van der Waals surface area contributed by atoms with Gasteiger partial charge in [0.25, 0.3) is 0 Å². The van der Waals surface area contributed by atoms with Gasteiger partial charge in [-0.25, -0.2) is 0 Å². The standard InChI is InChI=1S/C7H14N6O/c1-13(2)7(6-11-14)9-4-3-5-10-12-8/h6,14H,3-5H2,1-2H3/b9-7-,11-6+. The van der Waals surface area contributed by atoms with E-state index in [2.05, 4.69) is 20.2 Å². The quantitative estimate of drug-likeness (QED) is 0.105. The Balaban J connectivity index is 3.97. The van der Waals surface area contributed by atoms with Crippen molar-refractivity contribution in [1.82, 2.24) is 4.90 Å². The molecule has 0 fully saturated rings. The van der Waals surface area contributed by atoms with E-state index in [1.807, 2.05) is 0 Å². The first-order valence-electron chi connectivity index (χ1n) is 4.12. The number of aliphatic imine (C=N–C) groups is 1. The predicted octanol–water partition coefficient (Wildman–Crippen LogP) is 1.11. The molecule has 1 N–H and O–H groups in total. The van der Waals surface area contributed by atoms with Crippen molar-refractivity contribution >= 4 is 12.1 Å². The summed E-state index contributed by atoms with van der Waals surface area (Å²) in [7, 11) is 3.60. The van der Waals surface area contributed by atoms with Gasteiger partial charge in [0.2, 0.25) is 0 Å². The van der Waals surface area contributed by atoms with Gasteiger partial charge >= 0.3 is 0 Å². The molecule has 78 valence electrons. The van der Waals surface area contributed by atoms with E-state index in [1.165, 1.54) is 6.21 Å². The van der Waals surface area contributed by atoms with E-state index >= 15 is 0 Å². The zero-order chi connectivity index (χ0) is 10.8. The molecule has 0 amide bonds. The topological polar surface area (TPSA) is 97.0 Å². The van der Waals surface area contributed by atoms with Gasteiger partial charge in [-0.05, 0) is 12.0 Å². The fourth-order valence-electron chi connectivity index (χ4n) is 0.729. The number of hydrogen-bond donors (Lipinski definition) is 1. The number of azide groups is 1. The Kier molecular flexibility index (Phi) is 6.89. The molecule has 0 aliphatic carbocycles. The van der Waals surface area contributed by atoms with Crippen LogP contribution < -0.4 is 0 Å². The van der Waals surface area contributed by atoms with Crippen LogP contribution in [0.15, 0.2) is 15.3 Å². The molecule has 0 heterocycles. The van der Waals surface area contributed by atoms with E-state index in [4.69, 9.17) is 10.7 Å². The average Bonchev–Trinajstić information content (AvgIpc) is 2.15. The molecule has 14 heavy (non-hydrogen) atoms. The van der Waals surface area contributed by atoms with Crippen LogP contribution in [0.3, 0.4) is 0 Å². The number of amidine groups is 1. The Morgan fingerprint density at radius 1 is 1.50 bits per heavy atom. The highest BCUT2D eigenvalue weighted by atomic mass is 16.4. The van der Waals surface area contributed by atoms with Crippen molar-refractivity contribution < 1.29 is 5.21 Å². The smallest absolute Gasteiger partial charge is 0.145 e. The third-order valence-electron chi connectivity index (χ3n) is 1.38. The number of nitrogens with zero attached hydrogens (tertiary/aromatic N) is 6. The van der Waals surface area contributed by atoms with Crippen molar-refractivity contribution in [2.75, 3.05) is 27.2 Å². The van der Waals surface area contributed by atoms with E-state index < -0.39 is 0 Å². The molecule has 0 aliphatic rings. The summed E-state index contributed by atoms with van der Waals surface area (Å²) in [5.41, 5.74) is 8.01. The molecular weight excluding hydrogens is 184 g/mol. The Labute approximate surface area is 82.4 Å². The Morgan fingerprint density at radius 2 is 2.21 bits per heavy atom. The van der Waals surface area contributed by atoms with Crippen LogP contribution in [0.2, 0.25) is 0 Å². The molecule has 0 unspecified atom stereocenters. The molecule has 0 aromatic heterocycles. The van der Waals surface area contributed by atoms with Crippen molar-refractivity contribution in [3.8, 4) is 0 Å². The maximum Gasteiger partial charge on any atom is 0.145 e.